The van der Waals surface area contributed by atoms with Crippen LogP contribution in [-0.4, -0.2) is 11.1 Å². The van der Waals surface area contributed by atoms with Crippen molar-refractivity contribution in [2.45, 2.75) is 19.8 Å². The molecular formula is C12H14O2. The molecule has 0 amide bonds. The summed E-state index contributed by atoms with van der Waals surface area (Å²) in [4.78, 5) is 11.0. The van der Waals surface area contributed by atoms with E-state index in [1.165, 1.54) is 0 Å². The SMILES string of the molecule is C=C(C)C(C(=O)O)c1ccc(C)cc1. The third-order valence-electron chi connectivity index (χ3n) is 2.15. The molecule has 0 saturated carbocycles. The summed E-state index contributed by atoms with van der Waals surface area (Å²) in [5.74, 6) is -1.43. The van der Waals surface area contributed by atoms with Gasteiger partial charge in [-0.15, -0.1) is 0 Å². The average molecular weight is 190 g/mol. The van der Waals surface area contributed by atoms with Gasteiger partial charge in [-0.3, -0.25) is 4.79 Å². The van der Waals surface area contributed by atoms with Gasteiger partial charge in [0.05, 0.1) is 0 Å². The Kier molecular flexibility index (Phi) is 3.07. The van der Waals surface area contributed by atoms with E-state index < -0.39 is 11.9 Å². The first-order chi connectivity index (χ1) is 6.52. The highest BCUT2D eigenvalue weighted by atomic mass is 16.4. The lowest BCUT2D eigenvalue weighted by atomic mass is 9.93. The molecule has 0 aliphatic rings. The van der Waals surface area contributed by atoms with Gasteiger partial charge in [-0.05, 0) is 19.4 Å². The maximum absolute atomic E-state index is 11.0. The van der Waals surface area contributed by atoms with E-state index in [9.17, 15) is 4.79 Å². The zero-order chi connectivity index (χ0) is 10.7. The Hall–Kier alpha value is -1.57. The summed E-state index contributed by atoms with van der Waals surface area (Å²) in [7, 11) is 0. The minimum Gasteiger partial charge on any atom is -0.481 e. The lowest BCUT2D eigenvalue weighted by molar-refractivity contribution is -0.137. The van der Waals surface area contributed by atoms with Gasteiger partial charge in [0.15, 0.2) is 0 Å². The highest BCUT2D eigenvalue weighted by molar-refractivity contribution is 5.79. The van der Waals surface area contributed by atoms with Crippen molar-refractivity contribution in [2.75, 3.05) is 0 Å². The Morgan fingerprint density at radius 3 is 2.21 bits per heavy atom. The number of aryl methyl sites for hydroxylation is 1. The van der Waals surface area contributed by atoms with Crippen LogP contribution in [0.3, 0.4) is 0 Å². The second-order valence-electron chi connectivity index (χ2n) is 3.53. The summed E-state index contributed by atoms with van der Waals surface area (Å²) in [6.07, 6.45) is 0. The van der Waals surface area contributed by atoms with Crippen LogP contribution in [0.15, 0.2) is 36.4 Å². The van der Waals surface area contributed by atoms with Gasteiger partial charge in [0, 0.05) is 0 Å². The van der Waals surface area contributed by atoms with Crippen LogP contribution in [-0.2, 0) is 4.79 Å². The molecule has 0 heterocycles. The molecule has 1 aromatic carbocycles. The monoisotopic (exact) mass is 190 g/mol. The summed E-state index contributed by atoms with van der Waals surface area (Å²) in [6, 6.07) is 7.49. The average Bonchev–Trinajstić information content (AvgIpc) is 2.07. The number of aliphatic carboxylic acids is 1. The van der Waals surface area contributed by atoms with Crippen LogP contribution in [0.2, 0.25) is 0 Å². The van der Waals surface area contributed by atoms with Gasteiger partial charge in [-0.2, -0.15) is 0 Å². The molecule has 0 saturated heterocycles. The van der Waals surface area contributed by atoms with Crippen molar-refractivity contribution in [1.82, 2.24) is 0 Å². The van der Waals surface area contributed by atoms with Crippen LogP contribution in [0.5, 0.6) is 0 Å². The highest BCUT2D eigenvalue weighted by Gasteiger charge is 2.19. The number of rotatable bonds is 3. The van der Waals surface area contributed by atoms with E-state index in [0.29, 0.717) is 5.57 Å². The lowest BCUT2D eigenvalue weighted by Gasteiger charge is -2.12. The third kappa shape index (κ3) is 2.22. The molecule has 1 atom stereocenters. The van der Waals surface area contributed by atoms with Crippen molar-refractivity contribution in [1.29, 1.82) is 0 Å². The number of benzene rings is 1. The van der Waals surface area contributed by atoms with Crippen molar-refractivity contribution in [3.05, 3.63) is 47.5 Å². The Morgan fingerprint density at radius 2 is 1.86 bits per heavy atom. The minimum atomic E-state index is -0.846. The van der Waals surface area contributed by atoms with Crippen LogP contribution in [0.1, 0.15) is 24.0 Å². The quantitative estimate of drug-likeness (QED) is 0.744. The van der Waals surface area contributed by atoms with E-state index >= 15 is 0 Å². The summed E-state index contributed by atoms with van der Waals surface area (Å²) in [5, 5.41) is 9.01. The van der Waals surface area contributed by atoms with E-state index in [1.54, 1.807) is 6.92 Å². The van der Waals surface area contributed by atoms with E-state index in [-0.39, 0.29) is 0 Å². The first-order valence-corrected chi connectivity index (χ1v) is 4.47. The zero-order valence-electron chi connectivity index (χ0n) is 8.45. The minimum absolute atomic E-state index is 0.587. The van der Waals surface area contributed by atoms with Crippen LogP contribution in [0.25, 0.3) is 0 Å². The largest absolute Gasteiger partial charge is 0.481 e. The van der Waals surface area contributed by atoms with Crippen molar-refractivity contribution in [2.24, 2.45) is 0 Å². The summed E-state index contributed by atoms with van der Waals surface area (Å²) >= 11 is 0. The molecule has 74 valence electrons. The molecule has 0 aromatic heterocycles. The fourth-order valence-corrected chi connectivity index (χ4v) is 1.40. The lowest BCUT2D eigenvalue weighted by Crippen LogP contribution is -2.12. The maximum Gasteiger partial charge on any atom is 0.315 e. The maximum atomic E-state index is 11.0. The molecule has 1 unspecified atom stereocenters. The molecule has 14 heavy (non-hydrogen) atoms. The van der Waals surface area contributed by atoms with Crippen molar-refractivity contribution < 1.29 is 9.90 Å². The van der Waals surface area contributed by atoms with Gasteiger partial charge in [-0.1, -0.05) is 42.0 Å². The molecule has 0 radical (unpaired) electrons. The van der Waals surface area contributed by atoms with Gasteiger partial charge >= 0.3 is 5.97 Å². The van der Waals surface area contributed by atoms with Gasteiger partial charge < -0.3 is 5.11 Å². The Bertz CT molecular complexity index is 335. The number of carboxylic acids is 1. The predicted molar refractivity (Wildman–Crippen MR) is 56.4 cm³/mol. The molecule has 1 rings (SSSR count). The molecule has 0 bridgehead atoms. The molecule has 0 spiro atoms. The summed E-state index contributed by atoms with van der Waals surface area (Å²) in [5.41, 5.74) is 2.57. The number of hydrogen-bond donors (Lipinski definition) is 1. The normalized spacial score (nSPS) is 12.1. The van der Waals surface area contributed by atoms with Gasteiger partial charge in [0.2, 0.25) is 0 Å². The molecular weight excluding hydrogens is 176 g/mol. The van der Waals surface area contributed by atoms with Crippen LogP contribution in [0.4, 0.5) is 0 Å². The topological polar surface area (TPSA) is 37.3 Å². The van der Waals surface area contributed by atoms with Gasteiger partial charge in [0.25, 0.3) is 0 Å². The zero-order valence-corrected chi connectivity index (χ0v) is 8.45. The van der Waals surface area contributed by atoms with Gasteiger partial charge in [-0.25, -0.2) is 0 Å². The number of hydrogen-bond acceptors (Lipinski definition) is 1. The highest BCUT2D eigenvalue weighted by Crippen LogP contribution is 2.23. The van der Waals surface area contributed by atoms with Crippen molar-refractivity contribution >= 4 is 5.97 Å². The molecule has 2 nitrogen and oxygen atoms in total. The van der Waals surface area contributed by atoms with E-state index in [0.717, 1.165) is 11.1 Å². The molecule has 1 aromatic rings. The third-order valence-corrected chi connectivity index (χ3v) is 2.15. The first kappa shape index (κ1) is 10.5. The summed E-state index contributed by atoms with van der Waals surface area (Å²) < 4.78 is 0. The molecule has 0 aliphatic heterocycles. The Morgan fingerprint density at radius 1 is 1.36 bits per heavy atom. The Labute approximate surface area is 83.9 Å². The van der Waals surface area contributed by atoms with E-state index in [2.05, 4.69) is 6.58 Å². The van der Waals surface area contributed by atoms with Gasteiger partial charge in [0.1, 0.15) is 5.92 Å². The molecule has 1 N–H and O–H groups in total. The van der Waals surface area contributed by atoms with Crippen LogP contribution in [0, 0.1) is 6.92 Å². The second kappa shape index (κ2) is 4.09. The number of carboxylic acid groups (broad SMARTS) is 1. The molecule has 0 fully saturated rings. The summed E-state index contributed by atoms with van der Waals surface area (Å²) in [6.45, 7) is 7.40. The van der Waals surface area contributed by atoms with Crippen molar-refractivity contribution in [3.8, 4) is 0 Å². The van der Waals surface area contributed by atoms with E-state index in [1.807, 2.05) is 31.2 Å². The molecule has 2 heteroatoms. The number of carbonyl (C=O) groups is 1. The smallest absolute Gasteiger partial charge is 0.315 e. The predicted octanol–water partition coefficient (Wildman–Crippen LogP) is 2.74. The standard InChI is InChI=1S/C12H14O2/c1-8(2)11(12(13)14)10-6-4-9(3)5-7-10/h4-7,11H,1H2,2-3H3,(H,13,14). The van der Waals surface area contributed by atoms with Crippen molar-refractivity contribution in [3.63, 3.8) is 0 Å². The molecule has 0 aliphatic carbocycles. The van der Waals surface area contributed by atoms with Crippen LogP contribution >= 0.6 is 0 Å². The first-order valence-electron chi connectivity index (χ1n) is 4.47. The van der Waals surface area contributed by atoms with E-state index in [4.69, 9.17) is 5.11 Å². The fraction of sp³-hybridized carbons (Fsp3) is 0.250. The second-order valence-corrected chi connectivity index (χ2v) is 3.53. The fourth-order valence-electron chi connectivity index (χ4n) is 1.40. The Balaban J connectivity index is 3.06. The van der Waals surface area contributed by atoms with Crippen LogP contribution < -0.4 is 0 Å².